The molecule has 0 amide bonds. The van der Waals surface area contributed by atoms with Crippen molar-refractivity contribution in [3.8, 4) is 12.3 Å². The Kier molecular flexibility index (Phi) is 2.12. The van der Waals surface area contributed by atoms with Crippen molar-refractivity contribution in [2.45, 2.75) is 11.5 Å². The Balaban J connectivity index is 1.90. The lowest BCUT2D eigenvalue weighted by atomic mass is 9.57. The number of ether oxygens (including phenoxy) is 1. The third kappa shape index (κ3) is 1.24. The molecule has 1 heteroatoms. The van der Waals surface area contributed by atoms with Crippen molar-refractivity contribution in [1.29, 1.82) is 0 Å². The summed E-state index contributed by atoms with van der Waals surface area (Å²) in [7, 11) is 0. The molecule has 2 bridgehead atoms. The van der Waals surface area contributed by atoms with Crippen molar-refractivity contribution in [2.24, 2.45) is 0 Å². The lowest BCUT2D eigenvalue weighted by molar-refractivity contribution is 0.127. The predicted octanol–water partition coefficient (Wildman–Crippen LogP) is 4.77. The summed E-state index contributed by atoms with van der Waals surface area (Å²) >= 11 is 0. The Labute approximate surface area is 146 Å². The van der Waals surface area contributed by atoms with Crippen LogP contribution in [0.5, 0.6) is 0 Å². The highest BCUT2D eigenvalue weighted by molar-refractivity contribution is 5.83. The molecule has 0 atom stereocenters. The zero-order valence-electron chi connectivity index (χ0n) is 13.5. The molecule has 4 aliphatic rings. The maximum absolute atomic E-state index is 6.58. The number of rotatable bonds is 0. The van der Waals surface area contributed by atoms with E-state index in [2.05, 4.69) is 67.1 Å². The van der Waals surface area contributed by atoms with E-state index in [1.807, 2.05) is 6.07 Å². The summed E-state index contributed by atoms with van der Waals surface area (Å²) in [6, 6.07) is 21.3. The fraction of sp³-hybridized carbons (Fsp3) is 0.0833. The first kappa shape index (κ1) is 13.1. The first-order chi connectivity index (χ1) is 12.3. The van der Waals surface area contributed by atoms with Crippen molar-refractivity contribution in [3.63, 3.8) is 0 Å². The molecule has 1 nitrogen and oxygen atoms in total. The van der Waals surface area contributed by atoms with Gasteiger partial charge in [0.25, 0.3) is 0 Å². The van der Waals surface area contributed by atoms with Crippen LogP contribution >= 0.6 is 0 Å². The summed E-state index contributed by atoms with van der Waals surface area (Å²) in [6.07, 6.45) is 5.88. The molecule has 0 saturated heterocycles. The molecular formula is C24H14O. The molecule has 0 radical (unpaired) electrons. The zero-order valence-corrected chi connectivity index (χ0v) is 13.5. The Morgan fingerprint density at radius 1 is 0.920 bits per heavy atom. The van der Waals surface area contributed by atoms with Crippen LogP contribution in [0.15, 0.2) is 67.2 Å². The minimum atomic E-state index is -0.615. The molecule has 1 spiro atoms. The Bertz CT molecular complexity index is 1110. The van der Waals surface area contributed by atoms with Gasteiger partial charge < -0.3 is 4.74 Å². The standard InChI is InChI=1S/C24H14O/c1-3-15-12-13-16-14(2)25-24-19-10-6-4-8-17(19)22(21(15)23(16)24)18-9-5-7-11-20(18)24/h1,4-13,22H,2H2. The van der Waals surface area contributed by atoms with Crippen LogP contribution in [0.1, 0.15) is 50.4 Å². The summed E-state index contributed by atoms with van der Waals surface area (Å²) in [6.45, 7) is 4.20. The van der Waals surface area contributed by atoms with Crippen LogP contribution in [0.4, 0.5) is 0 Å². The number of terminal acetylenes is 1. The molecule has 0 saturated carbocycles. The van der Waals surface area contributed by atoms with Gasteiger partial charge in [0.2, 0.25) is 0 Å². The SMILES string of the molecule is C#Cc1ccc2c3c1C1c4ccccc4C3(OC2=C)c2ccccc21. The highest BCUT2D eigenvalue weighted by Crippen LogP contribution is 2.64. The maximum atomic E-state index is 6.58. The molecular weight excluding hydrogens is 304 g/mol. The normalized spacial score (nSPS) is 23.3. The predicted molar refractivity (Wildman–Crippen MR) is 98.2 cm³/mol. The minimum absolute atomic E-state index is 0.157. The van der Waals surface area contributed by atoms with Crippen LogP contribution in [-0.4, -0.2) is 0 Å². The van der Waals surface area contributed by atoms with Crippen LogP contribution in [0, 0.1) is 12.3 Å². The molecule has 3 aromatic rings. The van der Waals surface area contributed by atoms with E-state index in [0.717, 1.165) is 16.9 Å². The molecule has 7 rings (SSSR count). The largest absolute Gasteiger partial charge is 0.473 e. The topological polar surface area (TPSA) is 9.23 Å². The smallest absolute Gasteiger partial charge is 0.186 e. The summed E-state index contributed by atoms with van der Waals surface area (Å²) < 4.78 is 6.58. The van der Waals surface area contributed by atoms with E-state index in [1.54, 1.807) is 0 Å². The molecule has 0 N–H and O–H groups in total. The highest BCUT2D eigenvalue weighted by atomic mass is 16.5. The van der Waals surface area contributed by atoms with Gasteiger partial charge in [-0.05, 0) is 28.8 Å². The van der Waals surface area contributed by atoms with E-state index in [1.165, 1.54) is 33.4 Å². The first-order valence-corrected chi connectivity index (χ1v) is 8.48. The summed E-state index contributed by atoms with van der Waals surface area (Å²) in [5, 5.41) is 0. The van der Waals surface area contributed by atoms with Crippen molar-refractivity contribution in [3.05, 3.63) is 112 Å². The second kappa shape index (κ2) is 4.05. The van der Waals surface area contributed by atoms with Crippen LogP contribution in [0.25, 0.3) is 5.76 Å². The molecule has 3 aromatic carbocycles. The minimum Gasteiger partial charge on any atom is -0.473 e. The Hall–Kier alpha value is -3.24. The number of benzene rings is 3. The number of hydrogen-bond acceptors (Lipinski definition) is 1. The molecule has 0 fully saturated rings. The van der Waals surface area contributed by atoms with Gasteiger partial charge in [0, 0.05) is 33.7 Å². The van der Waals surface area contributed by atoms with E-state index in [9.17, 15) is 0 Å². The fourth-order valence-electron chi connectivity index (χ4n) is 5.09. The van der Waals surface area contributed by atoms with Crippen molar-refractivity contribution in [1.82, 2.24) is 0 Å². The maximum Gasteiger partial charge on any atom is 0.186 e. The lowest BCUT2D eigenvalue weighted by Gasteiger charge is -2.47. The molecule has 1 aliphatic heterocycles. The van der Waals surface area contributed by atoms with Gasteiger partial charge in [0.15, 0.2) is 5.60 Å². The van der Waals surface area contributed by atoms with Gasteiger partial charge in [-0.3, -0.25) is 0 Å². The van der Waals surface area contributed by atoms with E-state index < -0.39 is 5.60 Å². The highest BCUT2D eigenvalue weighted by Gasteiger charge is 2.58. The molecule has 0 aromatic heterocycles. The first-order valence-electron chi connectivity index (χ1n) is 8.48. The Morgan fingerprint density at radius 2 is 1.56 bits per heavy atom. The summed E-state index contributed by atoms with van der Waals surface area (Å²) in [5.74, 6) is 3.79. The van der Waals surface area contributed by atoms with E-state index in [0.29, 0.717) is 0 Å². The van der Waals surface area contributed by atoms with Gasteiger partial charge in [-0.2, -0.15) is 0 Å². The van der Waals surface area contributed by atoms with Gasteiger partial charge in [0.05, 0.1) is 0 Å². The van der Waals surface area contributed by atoms with Crippen LogP contribution < -0.4 is 0 Å². The van der Waals surface area contributed by atoms with Crippen molar-refractivity contribution < 1.29 is 4.74 Å². The van der Waals surface area contributed by atoms with E-state index >= 15 is 0 Å². The summed E-state index contributed by atoms with van der Waals surface area (Å²) in [5.41, 5.74) is 8.87. The molecule has 25 heavy (non-hydrogen) atoms. The molecule has 3 aliphatic carbocycles. The second-order valence-corrected chi connectivity index (χ2v) is 6.91. The average molecular weight is 318 g/mol. The van der Waals surface area contributed by atoms with E-state index in [4.69, 9.17) is 11.2 Å². The van der Waals surface area contributed by atoms with Crippen LogP contribution in [0.3, 0.4) is 0 Å². The molecule has 0 unspecified atom stereocenters. The van der Waals surface area contributed by atoms with Gasteiger partial charge >= 0.3 is 0 Å². The van der Waals surface area contributed by atoms with Gasteiger partial charge in [0.1, 0.15) is 5.76 Å². The Morgan fingerprint density at radius 3 is 2.20 bits per heavy atom. The zero-order chi connectivity index (χ0) is 16.8. The van der Waals surface area contributed by atoms with Gasteiger partial charge in [-0.15, -0.1) is 6.42 Å². The average Bonchev–Trinajstić information content (AvgIpc) is 2.97. The quantitative estimate of drug-likeness (QED) is 0.543. The molecule has 1 heterocycles. The summed E-state index contributed by atoms with van der Waals surface area (Å²) in [4.78, 5) is 0. The van der Waals surface area contributed by atoms with Crippen molar-refractivity contribution in [2.75, 3.05) is 0 Å². The van der Waals surface area contributed by atoms with E-state index in [-0.39, 0.29) is 5.92 Å². The monoisotopic (exact) mass is 318 g/mol. The van der Waals surface area contributed by atoms with Crippen LogP contribution in [-0.2, 0) is 10.3 Å². The van der Waals surface area contributed by atoms with Gasteiger partial charge in [-0.1, -0.05) is 61.0 Å². The second-order valence-electron chi connectivity index (χ2n) is 6.91. The third-order valence-corrected chi connectivity index (χ3v) is 5.92. The number of hydrogen-bond donors (Lipinski definition) is 0. The third-order valence-electron chi connectivity index (χ3n) is 5.92. The lowest BCUT2D eigenvalue weighted by Crippen LogP contribution is -2.41. The van der Waals surface area contributed by atoms with Gasteiger partial charge in [-0.25, -0.2) is 0 Å². The van der Waals surface area contributed by atoms with Crippen molar-refractivity contribution >= 4 is 5.76 Å². The molecule has 116 valence electrons. The fourth-order valence-corrected chi connectivity index (χ4v) is 5.09. The van der Waals surface area contributed by atoms with Crippen LogP contribution in [0.2, 0.25) is 0 Å².